The molecule has 1 unspecified atom stereocenters. The molecule has 1 aromatic heterocycles. The van der Waals surface area contributed by atoms with E-state index in [0.29, 0.717) is 12.1 Å². The van der Waals surface area contributed by atoms with Crippen LogP contribution in [0.25, 0.3) is 0 Å². The predicted octanol–water partition coefficient (Wildman–Crippen LogP) is 1.81. The van der Waals surface area contributed by atoms with Gasteiger partial charge in [0.25, 0.3) is 0 Å². The zero-order chi connectivity index (χ0) is 12.4. The molecule has 4 nitrogen and oxygen atoms in total. The average Bonchev–Trinajstić information content (AvgIpc) is 3.13. The second kappa shape index (κ2) is 5.14. The van der Waals surface area contributed by atoms with Crippen LogP contribution in [0.5, 0.6) is 5.75 Å². The molecule has 1 saturated heterocycles. The van der Waals surface area contributed by atoms with Crippen LogP contribution in [0.4, 0.5) is 5.82 Å². The lowest BCUT2D eigenvalue weighted by molar-refractivity contribution is 0.411. The van der Waals surface area contributed by atoms with Crippen molar-refractivity contribution in [1.29, 1.82) is 0 Å². The Hall–Kier alpha value is -1.29. The predicted molar refractivity (Wildman–Crippen MR) is 72.2 cm³/mol. The van der Waals surface area contributed by atoms with Gasteiger partial charge in [0.1, 0.15) is 0 Å². The fraction of sp³-hybridized carbons (Fsp3) is 0.643. The molecule has 98 valence electrons. The van der Waals surface area contributed by atoms with Crippen LogP contribution in [0.3, 0.4) is 0 Å². The summed E-state index contributed by atoms with van der Waals surface area (Å²) in [6.45, 7) is 2.21. The number of rotatable bonds is 5. The lowest BCUT2D eigenvalue weighted by atomic mass is 10.2. The fourth-order valence-electron chi connectivity index (χ4n) is 2.70. The van der Waals surface area contributed by atoms with E-state index in [1.807, 2.05) is 18.3 Å². The zero-order valence-corrected chi connectivity index (χ0v) is 10.9. The number of nitrogens with zero attached hydrogens (tertiary/aromatic N) is 2. The summed E-state index contributed by atoms with van der Waals surface area (Å²) in [5.41, 5.74) is 0. The van der Waals surface area contributed by atoms with Gasteiger partial charge in [-0.3, -0.25) is 0 Å². The van der Waals surface area contributed by atoms with Crippen molar-refractivity contribution in [2.75, 3.05) is 25.1 Å². The van der Waals surface area contributed by atoms with Crippen molar-refractivity contribution in [3.63, 3.8) is 0 Å². The number of aromatic nitrogens is 1. The molecule has 0 amide bonds. The summed E-state index contributed by atoms with van der Waals surface area (Å²) in [5, 5.41) is 3.57. The standard InChI is InChI=1S/C14H21N3O/c1-18-13-5-3-9-16-14(13)17(12-6-7-12)10-11-4-2-8-15-11/h3,5,9,11-12,15H,2,4,6-8,10H2,1H3. The first kappa shape index (κ1) is 11.8. The van der Waals surface area contributed by atoms with Crippen LogP contribution < -0.4 is 15.0 Å². The molecule has 1 aliphatic carbocycles. The second-order valence-electron chi connectivity index (χ2n) is 5.21. The maximum absolute atomic E-state index is 5.44. The van der Waals surface area contributed by atoms with Crippen LogP contribution in [0, 0.1) is 0 Å². The van der Waals surface area contributed by atoms with Crippen LogP contribution >= 0.6 is 0 Å². The summed E-state index contributed by atoms with van der Waals surface area (Å²) in [4.78, 5) is 6.96. The number of ether oxygens (including phenoxy) is 1. The number of methoxy groups -OCH3 is 1. The minimum absolute atomic E-state index is 0.609. The van der Waals surface area contributed by atoms with Gasteiger partial charge in [0, 0.05) is 24.8 Å². The molecule has 18 heavy (non-hydrogen) atoms. The summed E-state index contributed by atoms with van der Waals surface area (Å²) in [5.74, 6) is 1.90. The van der Waals surface area contributed by atoms with E-state index in [9.17, 15) is 0 Å². The van der Waals surface area contributed by atoms with Crippen molar-refractivity contribution in [3.05, 3.63) is 18.3 Å². The summed E-state index contributed by atoms with van der Waals surface area (Å²) in [6.07, 6.45) is 7.00. The number of pyridine rings is 1. The van der Waals surface area contributed by atoms with Crippen molar-refractivity contribution in [2.45, 2.75) is 37.8 Å². The van der Waals surface area contributed by atoms with Crippen LogP contribution in [-0.4, -0.2) is 37.3 Å². The van der Waals surface area contributed by atoms with Crippen molar-refractivity contribution < 1.29 is 4.74 Å². The van der Waals surface area contributed by atoms with E-state index >= 15 is 0 Å². The highest BCUT2D eigenvalue weighted by atomic mass is 16.5. The third kappa shape index (κ3) is 2.43. The zero-order valence-electron chi connectivity index (χ0n) is 10.9. The number of anilines is 1. The van der Waals surface area contributed by atoms with Gasteiger partial charge >= 0.3 is 0 Å². The monoisotopic (exact) mass is 247 g/mol. The van der Waals surface area contributed by atoms with E-state index in [4.69, 9.17) is 4.74 Å². The first-order valence-corrected chi connectivity index (χ1v) is 6.87. The first-order chi connectivity index (χ1) is 8.88. The van der Waals surface area contributed by atoms with Crippen molar-refractivity contribution >= 4 is 5.82 Å². The Morgan fingerprint density at radius 1 is 1.44 bits per heavy atom. The van der Waals surface area contributed by atoms with E-state index in [0.717, 1.165) is 24.7 Å². The van der Waals surface area contributed by atoms with Crippen LogP contribution in [0.15, 0.2) is 18.3 Å². The molecular weight excluding hydrogens is 226 g/mol. The molecule has 4 heteroatoms. The molecular formula is C14H21N3O. The molecule has 0 aromatic carbocycles. The molecule has 0 radical (unpaired) electrons. The first-order valence-electron chi connectivity index (χ1n) is 6.87. The van der Waals surface area contributed by atoms with Gasteiger partial charge in [0.2, 0.25) is 0 Å². The lowest BCUT2D eigenvalue weighted by Gasteiger charge is -2.28. The lowest BCUT2D eigenvalue weighted by Crippen LogP contribution is -2.39. The molecule has 1 atom stereocenters. The third-order valence-corrected chi connectivity index (χ3v) is 3.81. The number of hydrogen-bond donors (Lipinski definition) is 1. The number of hydrogen-bond acceptors (Lipinski definition) is 4. The van der Waals surface area contributed by atoms with Gasteiger partial charge in [-0.2, -0.15) is 0 Å². The Morgan fingerprint density at radius 3 is 3.00 bits per heavy atom. The minimum atomic E-state index is 0.609. The highest BCUT2D eigenvalue weighted by Crippen LogP contribution is 2.35. The smallest absolute Gasteiger partial charge is 0.171 e. The Labute approximate surface area is 108 Å². The van der Waals surface area contributed by atoms with E-state index in [2.05, 4.69) is 15.2 Å². The molecule has 1 N–H and O–H groups in total. The Morgan fingerprint density at radius 2 is 2.33 bits per heavy atom. The molecule has 3 rings (SSSR count). The third-order valence-electron chi connectivity index (χ3n) is 3.81. The van der Waals surface area contributed by atoms with Crippen LogP contribution in [0.2, 0.25) is 0 Å². The quantitative estimate of drug-likeness (QED) is 0.861. The molecule has 1 aliphatic heterocycles. The van der Waals surface area contributed by atoms with Gasteiger partial charge in [-0.05, 0) is 44.4 Å². The normalized spacial score (nSPS) is 23.1. The van der Waals surface area contributed by atoms with E-state index < -0.39 is 0 Å². The molecule has 2 fully saturated rings. The van der Waals surface area contributed by atoms with Gasteiger partial charge in [0.15, 0.2) is 11.6 Å². The van der Waals surface area contributed by atoms with Gasteiger partial charge in [-0.15, -0.1) is 0 Å². The Balaban J connectivity index is 1.79. The summed E-state index contributed by atoms with van der Waals surface area (Å²) in [7, 11) is 1.72. The molecule has 1 aromatic rings. The Bertz CT molecular complexity index is 400. The van der Waals surface area contributed by atoms with Crippen LogP contribution in [0.1, 0.15) is 25.7 Å². The molecule has 1 saturated carbocycles. The maximum Gasteiger partial charge on any atom is 0.171 e. The van der Waals surface area contributed by atoms with E-state index in [1.165, 1.54) is 25.7 Å². The van der Waals surface area contributed by atoms with E-state index in [1.54, 1.807) is 7.11 Å². The summed E-state index contributed by atoms with van der Waals surface area (Å²) >= 11 is 0. The SMILES string of the molecule is COc1cccnc1N(CC1CCCN1)C1CC1. The van der Waals surface area contributed by atoms with Gasteiger partial charge < -0.3 is 15.0 Å². The largest absolute Gasteiger partial charge is 0.493 e. The fourth-order valence-corrected chi connectivity index (χ4v) is 2.70. The topological polar surface area (TPSA) is 37.4 Å². The summed E-state index contributed by atoms with van der Waals surface area (Å²) < 4.78 is 5.44. The molecule has 2 aliphatic rings. The minimum Gasteiger partial charge on any atom is -0.493 e. The molecule has 2 heterocycles. The van der Waals surface area contributed by atoms with Gasteiger partial charge in [-0.25, -0.2) is 4.98 Å². The average molecular weight is 247 g/mol. The molecule has 0 bridgehead atoms. The maximum atomic E-state index is 5.44. The summed E-state index contributed by atoms with van der Waals surface area (Å²) in [6, 6.07) is 5.20. The van der Waals surface area contributed by atoms with Gasteiger partial charge in [-0.1, -0.05) is 0 Å². The van der Waals surface area contributed by atoms with Gasteiger partial charge in [0.05, 0.1) is 7.11 Å². The van der Waals surface area contributed by atoms with Crippen molar-refractivity contribution in [3.8, 4) is 5.75 Å². The highest BCUT2D eigenvalue weighted by Gasteiger charge is 2.33. The number of nitrogens with one attached hydrogen (secondary N) is 1. The molecule has 0 spiro atoms. The van der Waals surface area contributed by atoms with Crippen molar-refractivity contribution in [2.24, 2.45) is 0 Å². The van der Waals surface area contributed by atoms with Crippen LogP contribution in [-0.2, 0) is 0 Å². The Kier molecular flexibility index (Phi) is 3.37. The highest BCUT2D eigenvalue weighted by molar-refractivity contribution is 5.54. The van der Waals surface area contributed by atoms with E-state index in [-0.39, 0.29) is 0 Å². The van der Waals surface area contributed by atoms with Crippen molar-refractivity contribution in [1.82, 2.24) is 10.3 Å². The second-order valence-corrected chi connectivity index (χ2v) is 5.21.